The van der Waals surface area contributed by atoms with E-state index in [4.69, 9.17) is 4.42 Å². The van der Waals surface area contributed by atoms with Crippen molar-refractivity contribution in [2.75, 3.05) is 0 Å². The summed E-state index contributed by atoms with van der Waals surface area (Å²) in [6.45, 7) is 22.7. The van der Waals surface area contributed by atoms with Crippen LogP contribution in [0.15, 0.2) is 108 Å². The Labute approximate surface area is 325 Å². The van der Waals surface area contributed by atoms with Gasteiger partial charge in [0.05, 0.1) is 13.7 Å². The molecular weight excluding hydrogens is 829 g/mol. The second-order valence-corrected chi connectivity index (χ2v) is 20.7. The number of nitrogens with zero attached hydrogens (tertiary/aromatic N) is 2. The van der Waals surface area contributed by atoms with E-state index in [9.17, 15) is 0 Å². The number of rotatable bonds is 7. The number of hydrogen-bond donors (Lipinski definition) is 0. The summed E-state index contributed by atoms with van der Waals surface area (Å²) >= 11 is 0. The predicted octanol–water partition coefficient (Wildman–Crippen LogP) is 12.7. The molecule has 7 rings (SSSR count). The van der Waals surface area contributed by atoms with E-state index in [2.05, 4.69) is 163 Å². The molecule has 3 heterocycles. The maximum Gasteiger partial charge on any atom is 0.121 e. The van der Waals surface area contributed by atoms with Crippen molar-refractivity contribution >= 4 is 35.2 Å². The van der Waals surface area contributed by atoms with Gasteiger partial charge in [0.1, 0.15) is 5.58 Å². The minimum Gasteiger partial charge on any atom is -0.501 e. The summed E-state index contributed by atoms with van der Waals surface area (Å²) in [6.07, 6.45) is 3.99. The van der Waals surface area contributed by atoms with Crippen molar-refractivity contribution in [2.24, 2.45) is 5.92 Å². The minimum atomic E-state index is -1.34. The molecule has 0 aliphatic carbocycles. The Bertz CT molecular complexity index is 2280. The van der Waals surface area contributed by atoms with Crippen molar-refractivity contribution in [1.29, 1.82) is 0 Å². The van der Waals surface area contributed by atoms with E-state index < -0.39 is 8.07 Å². The summed E-state index contributed by atoms with van der Waals surface area (Å²) in [5.74, 6) is 1.57. The van der Waals surface area contributed by atoms with Crippen LogP contribution in [0.3, 0.4) is 0 Å². The van der Waals surface area contributed by atoms with Crippen molar-refractivity contribution in [2.45, 2.75) is 79.9 Å². The van der Waals surface area contributed by atoms with Gasteiger partial charge in [-0.2, -0.15) is 0 Å². The first-order chi connectivity index (χ1) is 24.3. The number of pyridine rings is 2. The normalized spacial score (nSPS) is 12.2. The number of furan rings is 1. The van der Waals surface area contributed by atoms with E-state index >= 15 is 0 Å². The largest absolute Gasteiger partial charge is 0.501 e. The first-order valence-corrected chi connectivity index (χ1v) is 21.7. The van der Waals surface area contributed by atoms with Gasteiger partial charge >= 0.3 is 0 Å². The summed E-state index contributed by atoms with van der Waals surface area (Å²) in [7, 11) is -1.34. The summed E-state index contributed by atoms with van der Waals surface area (Å²) in [5.41, 5.74) is 13.3. The van der Waals surface area contributed by atoms with Crippen LogP contribution in [0.1, 0.15) is 68.7 Å². The zero-order valence-corrected chi connectivity index (χ0v) is 35.6. The number of aromatic nitrogens is 2. The molecule has 0 bridgehead atoms. The Morgan fingerprint density at radius 2 is 1.44 bits per heavy atom. The zero-order valence-electron chi connectivity index (χ0n) is 32.2. The molecule has 1 atom stereocenters. The van der Waals surface area contributed by atoms with Crippen molar-refractivity contribution in [3.63, 3.8) is 0 Å². The number of fused-ring (bicyclic) bond motifs is 3. The van der Waals surface area contributed by atoms with Gasteiger partial charge in [-0.15, -0.1) is 54.1 Å². The average molecular weight is 879 g/mol. The first kappa shape index (κ1) is 39.1. The summed E-state index contributed by atoms with van der Waals surface area (Å²) < 4.78 is 6.44. The molecule has 4 aromatic carbocycles. The van der Waals surface area contributed by atoms with Crippen molar-refractivity contribution in [3.05, 3.63) is 138 Å². The standard InChI is InChI=1S/C30H28NO.C17H22NSi.Ir/c1-18(2)21(5)22-11-12-31-28(16-22)27-8-6-7-26-25-10-9-23(17-29(25)32-30(26)27)24-14-19(3)13-20(4)15-24;1-13(2)15-11-16(14-9-7-6-8-10-14)18-12-17(15)19(3,4)5;/h6-7,9-18,21H,1-5H3;6-9,11-13H,1-5H3;/q2*-1;. The average Bonchev–Trinajstić information content (AvgIpc) is 3.49. The van der Waals surface area contributed by atoms with E-state index in [-0.39, 0.29) is 20.1 Å². The Hall–Kier alpha value is -4.15. The topological polar surface area (TPSA) is 38.9 Å². The SMILES string of the molecule is CC(C)c1cc(-c2[c-]cccc2)ncc1[Si](C)(C)C.Cc1cc(C)cc(-c2ccc3c(c2)oc2c(-c4cc(C(C)C(C)C)ccn4)[c-]ccc23)c1.[Ir]. The van der Waals surface area contributed by atoms with Crippen LogP contribution in [0, 0.1) is 31.9 Å². The van der Waals surface area contributed by atoms with Crippen molar-refractivity contribution in [3.8, 4) is 33.6 Å². The van der Waals surface area contributed by atoms with Crippen LogP contribution in [0.5, 0.6) is 0 Å². The van der Waals surface area contributed by atoms with Crippen LogP contribution in [-0.2, 0) is 20.1 Å². The quantitative estimate of drug-likeness (QED) is 0.118. The van der Waals surface area contributed by atoms with Gasteiger partial charge in [0.25, 0.3) is 0 Å². The molecule has 0 saturated heterocycles. The van der Waals surface area contributed by atoms with Crippen molar-refractivity contribution in [1.82, 2.24) is 9.97 Å². The van der Waals surface area contributed by atoms with Crippen molar-refractivity contribution < 1.29 is 24.5 Å². The molecule has 0 fully saturated rings. The third kappa shape index (κ3) is 8.55. The molecule has 3 nitrogen and oxygen atoms in total. The molecule has 0 spiro atoms. The molecule has 1 radical (unpaired) electrons. The van der Waals surface area contributed by atoms with Gasteiger partial charge in [0, 0.05) is 37.9 Å². The molecule has 52 heavy (non-hydrogen) atoms. The van der Waals surface area contributed by atoms with Gasteiger partial charge in [-0.3, -0.25) is 0 Å². The fourth-order valence-electron chi connectivity index (χ4n) is 6.78. The molecule has 0 saturated carbocycles. The summed E-state index contributed by atoms with van der Waals surface area (Å²) in [4.78, 5) is 9.33. The van der Waals surface area contributed by atoms with Gasteiger partial charge in [-0.25, -0.2) is 0 Å². The van der Waals surface area contributed by atoms with Gasteiger partial charge in [-0.05, 0) is 71.4 Å². The fraction of sp³-hybridized carbons (Fsp3) is 0.277. The third-order valence-corrected chi connectivity index (χ3v) is 11.9. The molecule has 269 valence electrons. The molecule has 0 aliphatic heterocycles. The molecule has 7 aromatic rings. The zero-order chi connectivity index (χ0) is 36.4. The van der Waals surface area contributed by atoms with E-state index in [1.165, 1.54) is 38.6 Å². The number of aryl methyl sites for hydroxylation is 2. The van der Waals surface area contributed by atoms with Crippen LogP contribution in [0.4, 0.5) is 0 Å². The Balaban J connectivity index is 0.000000225. The van der Waals surface area contributed by atoms with Gasteiger partial charge in [0.15, 0.2) is 0 Å². The van der Waals surface area contributed by atoms with Crippen LogP contribution in [0.25, 0.3) is 55.6 Å². The molecule has 0 amide bonds. The van der Waals surface area contributed by atoms with Gasteiger partial charge in [-0.1, -0.05) is 130 Å². The first-order valence-electron chi connectivity index (χ1n) is 18.2. The third-order valence-electron chi connectivity index (χ3n) is 9.91. The molecule has 5 heteroatoms. The van der Waals surface area contributed by atoms with Crippen LogP contribution in [-0.4, -0.2) is 18.0 Å². The van der Waals surface area contributed by atoms with Gasteiger partial charge < -0.3 is 14.4 Å². The van der Waals surface area contributed by atoms with Crippen LogP contribution < -0.4 is 5.19 Å². The molecule has 0 N–H and O–H groups in total. The maximum absolute atomic E-state index is 6.44. The minimum absolute atomic E-state index is 0. The summed E-state index contributed by atoms with van der Waals surface area (Å²) in [5, 5.41) is 3.70. The number of benzene rings is 4. The molecule has 1 unspecified atom stereocenters. The maximum atomic E-state index is 6.44. The fourth-order valence-corrected chi connectivity index (χ4v) is 8.46. The van der Waals surface area contributed by atoms with E-state index in [0.717, 1.165) is 44.5 Å². The second-order valence-electron chi connectivity index (χ2n) is 15.6. The van der Waals surface area contributed by atoms with E-state index in [1.807, 2.05) is 30.5 Å². The Kier molecular flexibility index (Phi) is 12.2. The van der Waals surface area contributed by atoms with Crippen LogP contribution >= 0.6 is 0 Å². The monoisotopic (exact) mass is 879 g/mol. The smallest absolute Gasteiger partial charge is 0.121 e. The van der Waals surface area contributed by atoms with E-state index in [1.54, 1.807) is 0 Å². The second kappa shape index (κ2) is 16.2. The Morgan fingerprint density at radius 3 is 2.10 bits per heavy atom. The predicted molar refractivity (Wildman–Crippen MR) is 220 cm³/mol. The Morgan fingerprint density at radius 1 is 0.692 bits per heavy atom. The van der Waals surface area contributed by atoms with E-state index in [0.29, 0.717) is 17.8 Å². The van der Waals surface area contributed by atoms with Gasteiger partial charge in [0.2, 0.25) is 0 Å². The molecular formula is C47H50IrN2OSi-2. The van der Waals surface area contributed by atoms with Crippen LogP contribution in [0.2, 0.25) is 19.6 Å². The number of hydrogen-bond acceptors (Lipinski definition) is 3. The molecule has 0 aliphatic rings. The molecule has 3 aromatic heterocycles. The summed E-state index contributed by atoms with van der Waals surface area (Å²) in [6, 6.07) is 38.5.